The smallest absolute Gasteiger partial charge is 0.194 e. The van der Waals surface area contributed by atoms with E-state index in [0.717, 1.165) is 63.8 Å². The van der Waals surface area contributed by atoms with Gasteiger partial charge < -0.3 is 19.7 Å². The lowest BCUT2D eigenvalue weighted by atomic mass is 10.1. The van der Waals surface area contributed by atoms with E-state index in [1.807, 2.05) is 24.4 Å². The predicted molar refractivity (Wildman–Crippen MR) is 103 cm³/mol. The van der Waals surface area contributed by atoms with Crippen molar-refractivity contribution >= 4 is 5.96 Å². The summed E-state index contributed by atoms with van der Waals surface area (Å²) in [6.07, 6.45) is 8.15. The van der Waals surface area contributed by atoms with E-state index in [1.165, 1.54) is 12.8 Å². The lowest BCUT2D eigenvalue weighted by Crippen LogP contribution is -2.47. The van der Waals surface area contributed by atoms with Crippen LogP contribution in [0.5, 0.6) is 0 Å². The summed E-state index contributed by atoms with van der Waals surface area (Å²) in [5, 5.41) is 3.41. The van der Waals surface area contributed by atoms with Gasteiger partial charge in [0, 0.05) is 32.4 Å². The van der Waals surface area contributed by atoms with Crippen molar-refractivity contribution < 1.29 is 9.47 Å². The van der Waals surface area contributed by atoms with Crippen LogP contribution >= 0.6 is 0 Å². The van der Waals surface area contributed by atoms with Gasteiger partial charge in [-0.2, -0.15) is 0 Å². The van der Waals surface area contributed by atoms with E-state index >= 15 is 0 Å². The number of piperidine rings is 1. The lowest BCUT2D eigenvalue weighted by molar-refractivity contribution is -0.0721. The Kier molecular flexibility index (Phi) is 7.70. The quantitative estimate of drug-likeness (QED) is 0.624. The number of guanidine groups is 1. The van der Waals surface area contributed by atoms with Crippen LogP contribution in [0.25, 0.3) is 0 Å². The Labute approximate surface area is 157 Å². The molecule has 6 nitrogen and oxygen atoms in total. The molecule has 0 amide bonds. The SMILES string of the molecule is CCNC(=NCc1ccccn1)N1CCC(OCC2CCCCO2)CC1. The number of pyridine rings is 1. The largest absolute Gasteiger partial charge is 0.376 e. The van der Waals surface area contributed by atoms with Gasteiger partial charge in [0.05, 0.1) is 31.1 Å². The van der Waals surface area contributed by atoms with E-state index in [4.69, 9.17) is 14.5 Å². The van der Waals surface area contributed by atoms with Gasteiger partial charge in [-0.1, -0.05) is 6.07 Å². The molecule has 0 bridgehead atoms. The maximum atomic E-state index is 6.12. The summed E-state index contributed by atoms with van der Waals surface area (Å²) in [5.74, 6) is 0.979. The van der Waals surface area contributed by atoms with Crippen LogP contribution < -0.4 is 5.32 Å². The number of hydrogen-bond donors (Lipinski definition) is 1. The van der Waals surface area contributed by atoms with E-state index in [-0.39, 0.29) is 0 Å². The molecule has 26 heavy (non-hydrogen) atoms. The highest BCUT2D eigenvalue weighted by atomic mass is 16.5. The highest BCUT2D eigenvalue weighted by Gasteiger charge is 2.23. The minimum atomic E-state index is 0.305. The summed E-state index contributed by atoms with van der Waals surface area (Å²) in [4.78, 5) is 11.4. The lowest BCUT2D eigenvalue weighted by Gasteiger charge is -2.35. The Morgan fingerprint density at radius 1 is 1.31 bits per heavy atom. The van der Waals surface area contributed by atoms with Crippen LogP contribution in [0.3, 0.4) is 0 Å². The third kappa shape index (κ3) is 5.95. The van der Waals surface area contributed by atoms with Crippen molar-refractivity contribution in [2.45, 2.75) is 57.8 Å². The molecule has 0 radical (unpaired) electrons. The number of nitrogens with zero attached hydrogens (tertiary/aromatic N) is 3. The number of nitrogens with one attached hydrogen (secondary N) is 1. The second-order valence-electron chi connectivity index (χ2n) is 7.00. The molecule has 144 valence electrons. The Bertz CT molecular complexity index is 538. The Hall–Kier alpha value is -1.66. The molecule has 2 saturated heterocycles. The topological polar surface area (TPSA) is 59.0 Å². The van der Waals surface area contributed by atoms with E-state index in [9.17, 15) is 0 Å². The molecule has 2 aliphatic heterocycles. The van der Waals surface area contributed by atoms with Crippen molar-refractivity contribution in [3.05, 3.63) is 30.1 Å². The van der Waals surface area contributed by atoms with Crippen LogP contribution in [-0.2, 0) is 16.0 Å². The number of rotatable bonds is 6. The van der Waals surface area contributed by atoms with E-state index in [1.54, 1.807) is 0 Å². The van der Waals surface area contributed by atoms with E-state index < -0.39 is 0 Å². The van der Waals surface area contributed by atoms with Crippen molar-refractivity contribution in [3.63, 3.8) is 0 Å². The van der Waals surface area contributed by atoms with Gasteiger partial charge >= 0.3 is 0 Å². The fourth-order valence-electron chi connectivity index (χ4n) is 3.49. The molecule has 0 aliphatic carbocycles. The van der Waals surface area contributed by atoms with E-state index in [2.05, 4.69) is 22.1 Å². The van der Waals surface area contributed by atoms with Gasteiger partial charge in [0.15, 0.2) is 5.96 Å². The van der Waals surface area contributed by atoms with Crippen LogP contribution in [0, 0.1) is 0 Å². The number of aliphatic imine (C=N–C) groups is 1. The number of ether oxygens (including phenoxy) is 2. The average molecular weight is 361 g/mol. The Morgan fingerprint density at radius 2 is 2.19 bits per heavy atom. The van der Waals surface area contributed by atoms with Crippen molar-refractivity contribution in [1.29, 1.82) is 0 Å². The van der Waals surface area contributed by atoms with Gasteiger partial charge in [-0.3, -0.25) is 4.98 Å². The van der Waals surface area contributed by atoms with Crippen LogP contribution in [-0.4, -0.2) is 60.9 Å². The molecule has 0 saturated carbocycles. The zero-order chi connectivity index (χ0) is 18.0. The second kappa shape index (κ2) is 10.5. The molecule has 1 unspecified atom stereocenters. The molecule has 3 rings (SSSR count). The standard InChI is InChI=1S/C20H32N4O2/c1-2-21-20(23-15-17-7-3-5-11-22-17)24-12-9-18(10-13-24)26-16-19-8-4-6-14-25-19/h3,5,7,11,18-19H,2,4,6,8-10,12-16H2,1H3,(H,21,23). The van der Waals surface area contributed by atoms with Gasteiger partial charge in [-0.05, 0) is 51.2 Å². The number of likely N-dealkylation sites (tertiary alicyclic amines) is 1. The van der Waals surface area contributed by atoms with Crippen molar-refractivity contribution in [2.75, 3.05) is 32.8 Å². The average Bonchev–Trinajstić information content (AvgIpc) is 2.71. The molecule has 6 heteroatoms. The molecule has 1 atom stereocenters. The van der Waals surface area contributed by atoms with Gasteiger partial charge in [0.25, 0.3) is 0 Å². The first-order chi connectivity index (χ1) is 12.8. The number of aromatic nitrogens is 1. The van der Waals surface area contributed by atoms with Gasteiger partial charge in [-0.15, -0.1) is 0 Å². The molecule has 1 aromatic heterocycles. The van der Waals surface area contributed by atoms with Gasteiger partial charge in [-0.25, -0.2) is 4.99 Å². The monoisotopic (exact) mass is 360 g/mol. The summed E-state index contributed by atoms with van der Waals surface area (Å²) in [5.41, 5.74) is 0.994. The summed E-state index contributed by atoms with van der Waals surface area (Å²) < 4.78 is 11.9. The minimum absolute atomic E-state index is 0.305. The zero-order valence-electron chi connectivity index (χ0n) is 15.9. The van der Waals surface area contributed by atoms with Gasteiger partial charge in [0.2, 0.25) is 0 Å². The Morgan fingerprint density at radius 3 is 2.88 bits per heavy atom. The second-order valence-corrected chi connectivity index (χ2v) is 7.00. The molecule has 1 N–H and O–H groups in total. The molecule has 3 heterocycles. The predicted octanol–water partition coefficient (Wildman–Crippen LogP) is 2.60. The zero-order valence-corrected chi connectivity index (χ0v) is 15.9. The first-order valence-electron chi connectivity index (χ1n) is 10.0. The summed E-state index contributed by atoms with van der Waals surface area (Å²) in [7, 11) is 0. The highest BCUT2D eigenvalue weighted by Crippen LogP contribution is 2.18. The van der Waals surface area contributed by atoms with Crippen LogP contribution in [0.4, 0.5) is 0 Å². The fraction of sp³-hybridized carbons (Fsp3) is 0.700. The molecule has 2 fully saturated rings. The highest BCUT2D eigenvalue weighted by molar-refractivity contribution is 5.80. The van der Waals surface area contributed by atoms with Crippen molar-refractivity contribution in [1.82, 2.24) is 15.2 Å². The maximum absolute atomic E-state index is 6.12. The van der Waals surface area contributed by atoms with Crippen molar-refractivity contribution in [3.8, 4) is 0 Å². The summed E-state index contributed by atoms with van der Waals surface area (Å²) in [6.45, 7) is 7.18. The third-order valence-electron chi connectivity index (χ3n) is 4.99. The summed E-state index contributed by atoms with van der Waals surface area (Å²) >= 11 is 0. The maximum Gasteiger partial charge on any atom is 0.194 e. The Balaban J connectivity index is 1.44. The summed E-state index contributed by atoms with van der Waals surface area (Å²) in [6, 6.07) is 5.95. The van der Waals surface area contributed by atoms with E-state index in [0.29, 0.717) is 18.8 Å². The van der Waals surface area contributed by atoms with Crippen LogP contribution in [0.2, 0.25) is 0 Å². The van der Waals surface area contributed by atoms with Crippen LogP contribution in [0.1, 0.15) is 44.7 Å². The molecule has 2 aliphatic rings. The molecular formula is C20H32N4O2. The molecule has 0 spiro atoms. The third-order valence-corrected chi connectivity index (χ3v) is 4.99. The first kappa shape index (κ1) is 19.1. The molecule has 0 aromatic carbocycles. The van der Waals surface area contributed by atoms with Crippen molar-refractivity contribution in [2.24, 2.45) is 4.99 Å². The normalized spacial score (nSPS) is 22.4. The minimum Gasteiger partial charge on any atom is -0.376 e. The molecular weight excluding hydrogens is 328 g/mol. The fourth-order valence-corrected chi connectivity index (χ4v) is 3.49. The molecule has 1 aromatic rings. The first-order valence-corrected chi connectivity index (χ1v) is 10.0. The van der Waals surface area contributed by atoms with Gasteiger partial charge in [0.1, 0.15) is 0 Å². The van der Waals surface area contributed by atoms with Crippen LogP contribution in [0.15, 0.2) is 29.4 Å². The number of hydrogen-bond acceptors (Lipinski definition) is 4.